The molecule has 0 atom stereocenters. The molecule has 3 rings (SSSR count). The largest absolute Gasteiger partial charge is 0.255 e. The van der Waals surface area contributed by atoms with Crippen LogP contribution in [0.5, 0.6) is 0 Å². The summed E-state index contributed by atoms with van der Waals surface area (Å²) in [5.74, 6) is 0. The molecule has 2 heteroatoms. The van der Waals surface area contributed by atoms with Gasteiger partial charge in [-0.25, -0.2) is 0 Å². The van der Waals surface area contributed by atoms with Gasteiger partial charge in [0.1, 0.15) is 0 Å². The predicted molar refractivity (Wildman–Crippen MR) is 99.9 cm³/mol. The first-order valence-electron chi connectivity index (χ1n) is 7.48. The fraction of sp³-hybridized carbons (Fsp3) is 0.0476. The summed E-state index contributed by atoms with van der Waals surface area (Å²) in [5.41, 5.74) is 7.92. The molecule has 112 valence electrons. The number of hydrogen-bond donors (Lipinski definition) is 0. The van der Waals surface area contributed by atoms with Crippen molar-refractivity contribution in [1.29, 1.82) is 0 Å². The van der Waals surface area contributed by atoms with E-state index in [1.54, 1.807) is 6.20 Å². The Morgan fingerprint density at radius 1 is 0.913 bits per heavy atom. The number of nitrogens with zero attached hydrogens (tertiary/aromatic N) is 1. The van der Waals surface area contributed by atoms with Crippen LogP contribution in [0.3, 0.4) is 0 Å². The first-order chi connectivity index (χ1) is 11.3. The molecule has 0 aliphatic heterocycles. The fourth-order valence-corrected chi connectivity index (χ4v) is 2.70. The Bertz CT molecular complexity index is 832. The zero-order valence-electron chi connectivity index (χ0n) is 12.6. The average molecular weight is 362 g/mol. The second kappa shape index (κ2) is 7.73. The van der Waals surface area contributed by atoms with Crippen molar-refractivity contribution < 1.29 is 0 Å². The molecule has 0 radical (unpaired) electrons. The second-order valence-corrected chi connectivity index (χ2v) is 6.02. The van der Waals surface area contributed by atoms with Crippen molar-refractivity contribution in [3.8, 4) is 0 Å². The van der Waals surface area contributed by atoms with E-state index in [-0.39, 0.29) is 0 Å². The molecule has 0 saturated heterocycles. The van der Waals surface area contributed by atoms with Crippen molar-refractivity contribution in [2.75, 3.05) is 0 Å². The van der Waals surface area contributed by atoms with Crippen molar-refractivity contribution in [1.82, 2.24) is 4.98 Å². The monoisotopic (exact) mass is 361 g/mol. The maximum Gasteiger partial charge on any atom is 0.0848 e. The highest BCUT2D eigenvalue weighted by Crippen LogP contribution is 2.20. The van der Waals surface area contributed by atoms with Gasteiger partial charge in [0.15, 0.2) is 0 Å². The minimum Gasteiger partial charge on any atom is -0.255 e. The van der Waals surface area contributed by atoms with Crippen molar-refractivity contribution in [2.24, 2.45) is 0 Å². The van der Waals surface area contributed by atoms with Gasteiger partial charge in [-0.15, -0.1) is 5.73 Å². The SMILES string of the molecule is Brc1cccnc1C=C=C(Cc1ccccc1)c1ccccc1. The molecule has 23 heavy (non-hydrogen) atoms. The molecule has 0 aliphatic carbocycles. The molecular weight excluding hydrogens is 346 g/mol. The van der Waals surface area contributed by atoms with Crippen LogP contribution in [0.15, 0.2) is 89.2 Å². The summed E-state index contributed by atoms with van der Waals surface area (Å²) in [6.45, 7) is 0. The number of benzene rings is 2. The lowest BCUT2D eigenvalue weighted by Crippen LogP contribution is -1.89. The summed E-state index contributed by atoms with van der Waals surface area (Å²) in [4.78, 5) is 4.37. The van der Waals surface area contributed by atoms with Gasteiger partial charge in [0, 0.05) is 28.7 Å². The average Bonchev–Trinajstić information content (AvgIpc) is 2.61. The van der Waals surface area contributed by atoms with E-state index in [0.29, 0.717) is 0 Å². The smallest absolute Gasteiger partial charge is 0.0848 e. The number of allylic oxidation sites excluding steroid dienone is 1. The normalized spacial score (nSPS) is 9.96. The van der Waals surface area contributed by atoms with Gasteiger partial charge < -0.3 is 0 Å². The zero-order chi connectivity index (χ0) is 15.9. The number of pyridine rings is 1. The van der Waals surface area contributed by atoms with E-state index in [0.717, 1.165) is 22.2 Å². The van der Waals surface area contributed by atoms with Crippen LogP contribution in [0.2, 0.25) is 0 Å². The van der Waals surface area contributed by atoms with Crippen LogP contribution in [0.25, 0.3) is 11.6 Å². The first-order valence-corrected chi connectivity index (χ1v) is 8.27. The minimum absolute atomic E-state index is 0.839. The Kier molecular flexibility index (Phi) is 5.21. The van der Waals surface area contributed by atoms with Gasteiger partial charge in [-0.2, -0.15) is 0 Å². The van der Waals surface area contributed by atoms with Crippen LogP contribution in [-0.2, 0) is 6.42 Å². The fourth-order valence-electron chi connectivity index (χ4n) is 2.34. The van der Waals surface area contributed by atoms with Crippen LogP contribution < -0.4 is 0 Å². The lowest BCUT2D eigenvalue weighted by atomic mass is 9.99. The highest BCUT2D eigenvalue weighted by atomic mass is 79.9. The van der Waals surface area contributed by atoms with Crippen LogP contribution in [-0.4, -0.2) is 4.98 Å². The summed E-state index contributed by atoms with van der Waals surface area (Å²) >= 11 is 3.53. The Morgan fingerprint density at radius 3 is 2.30 bits per heavy atom. The maximum absolute atomic E-state index is 4.37. The standard InChI is InChI=1S/C21H16BrN/c22-20-12-7-15-23-21(20)14-13-19(18-10-5-2-6-11-18)16-17-8-3-1-4-9-17/h1-12,14-15H,16H2. The topological polar surface area (TPSA) is 12.9 Å². The Labute approximate surface area is 145 Å². The maximum atomic E-state index is 4.37. The molecule has 1 aromatic heterocycles. The third-order valence-corrected chi connectivity index (χ3v) is 4.19. The van der Waals surface area contributed by atoms with E-state index < -0.39 is 0 Å². The number of halogens is 1. The van der Waals surface area contributed by atoms with E-state index in [9.17, 15) is 0 Å². The molecule has 0 amide bonds. The van der Waals surface area contributed by atoms with E-state index in [4.69, 9.17) is 0 Å². The lowest BCUT2D eigenvalue weighted by molar-refractivity contribution is 1.27. The Balaban J connectivity index is 2.01. The van der Waals surface area contributed by atoms with E-state index in [1.165, 1.54) is 11.1 Å². The molecule has 1 heterocycles. The van der Waals surface area contributed by atoms with Gasteiger partial charge in [0.2, 0.25) is 0 Å². The molecule has 0 bridgehead atoms. The number of hydrogen-bond acceptors (Lipinski definition) is 1. The highest BCUT2D eigenvalue weighted by Gasteiger charge is 2.02. The summed E-state index contributed by atoms with van der Waals surface area (Å²) < 4.78 is 0.972. The van der Waals surface area contributed by atoms with Gasteiger partial charge in [0.05, 0.1) is 5.69 Å². The molecule has 0 fully saturated rings. The van der Waals surface area contributed by atoms with Crippen molar-refractivity contribution in [3.63, 3.8) is 0 Å². The summed E-state index contributed by atoms with van der Waals surface area (Å²) in [7, 11) is 0. The highest BCUT2D eigenvalue weighted by molar-refractivity contribution is 9.10. The molecule has 3 aromatic rings. The van der Waals surface area contributed by atoms with E-state index in [1.807, 2.05) is 30.3 Å². The minimum atomic E-state index is 0.839. The molecule has 2 aromatic carbocycles. The molecule has 0 spiro atoms. The predicted octanol–water partition coefficient (Wildman–Crippen LogP) is 5.78. The van der Waals surface area contributed by atoms with Gasteiger partial charge in [-0.05, 0) is 39.2 Å². The molecule has 0 unspecified atom stereocenters. The van der Waals surface area contributed by atoms with Crippen LogP contribution in [0.4, 0.5) is 0 Å². The quantitative estimate of drug-likeness (QED) is 0.536. The zero-order valence-corrected chi connectivity index (χ0v) is 14.2. The van der Waals surface area contributed by atoms with E-state index in [2.05, 4.69) is 75.2 Å². The van der Waals surface area contributed by atoms with Gasteiger partial charge in [-0.3, -0.25) is 4.98 Å². The third kappa shape index (κ3) is 4.29. The van der Waals surface area contributed by atoms with Crippen molar-refractivity contribution >= 4 is 27.6 Å². The van der Waals surface area contributed by atoms with Gasteiger partial charge >= 0.3 is 0 Å². The summed E-state index contributed by atoms with van der Waals surface area (Å²) in [6.07, 6.45) is 4.57. The Hall–Kier alpha value is -2.41. The van der Waals surface area contributed by atoms with Crippen LogP contribution >= 0.6 is 15.9 Å². The van der Waals surface area contributed by atoms with Crippen molar-refractivity contribution in [2.45, 2.75) is 6.42 Å². The second-order valence-electron chi connectivity index (χ2n) is 5.17. The molecular formula is C21H16BrN. The molecule has 0 aliphatic rings. The Morgan fingerprint density at radius 2 is 1.61 bits per heavy atom. The molecule has 0 saturated carbocycles. The number of aromatic nitrogens is 1. The van der Waals surface area contributed by atoms with Gasteiger partial charge in [-0.1, -0.05) is 60.7 Å². The third-order valence-electron chi connectivity index (χ3n) is 3.52. The summed E-state index contributed by atoms with van der Waals surface area (Å²) in [5, 5.41) is 0. The summed E-state index contributed by atoms with van der Waals surface area (Å²) in [6, 6.07) is 24.7. The lowest BCUT2D eigenvalue weighted by Gasteiger charge is -2.05. The van der Waals surface area contributed by atoms with Gasteiger partial charge in [0.25, 0.3) is 0 Å². The van der Waals surface area contributed by atoms with E-state index >= 15 is 0 Å². The van der Waals surface area contributed by atoms with Crippen LogP contribution in [0.1, 0.15) is 16.8 Å². The molecule has 0 N–H and O–H groups in total. The number of rotatable bonds is 4. The van der Waals surface area contributed by atoms with Crippen LogP contribution in [0, 0.1) is 0 Å². The molecule has 1 nitrogen and oxygen atoms in total. The first kappa shape index (κ1) is 15.5. The van der Waals surface area contributed by atoms with Crippen molar-refractivity contribution in [3.05, 3.63) is 106 Å².